The van der Waals surface area contributed by atoms with Crippen LogP contribution in [0.1, 0.15) is 6.92 Å². The SMILES string of the molecule is CC(CN)COc1ccc2cccnc2c1. The number of hydrogen-bond donors (Lipinski definition) is 1. The van der Waals surface area contributed by atoms with Crippen LogP contribution in [-0.4, -0.2) is 18.1 Å². The number of aromatic nitrogens is 1. The Balaban J connectivity index is 2.13. The molecule has 3 heteroatoms. The maximum atomic E-state index is 5.65. The second kappa shape index (κ2) is 4.94. The maximum Gasteiger partial charge on any atom is 0.121 e. The topological polar surface area (TPSA) is 48.1 Å². The van der Waals surface area contributed by atoms with Crippen LogP contribution in [0.3, 0.4) is 0 Å². The van der Waals surface area contributed by atoms with E-state index in [-0.39, 0.29) is 0 Å². The van der Waals surface area contributed by atoms with Crippen molar-refractivity contribution in [3.05, 3.63) is 36.5 Å². The summed E-state index contributed by atoms with van der Waals surface area (Å²) in [5.41, 5.74) is 6.49. The van der Waals surface area contributed by atoms with Gasteiger partial charge in [0.1, 0.15) is 5.75 Å². The average Bonchev–Trinajstić information content (AvgIpc) is 2.35. The Bertz CT molecular complexity index is 470. The summed E-state index contributed by atoms with van der Waals surface area (Å²) in [6.07, 6.45) is 1.79. The van der Waals surface area contributed by atoms with Gasteiger partial charge in [-0.1, -0.05) is 13.0 Å². The molecule has 84 valence electrons. The summed E-state index contributed by atoms with van der Waals surface area (Å²) in [7, 11) is 0. The lowest BCUT2D eigenvalue weighted by molar-refractivity contribution is 0.264. The Hall–Kier alpha value is -1.61. The Morgan fingerprint density at radius 2 is 2.25 bits per heavy atom. The van der Waals surface area contributed by atoms with Crippen LogP contribution in [-0.2, 0) is 0 Å². The van der Waals surface area contributed by atoms with Crippen LogP contribution in [0.2, 0.25) is 0 Å². The fourth-order valence-corrected chi connectivity index (χ4v) is 1.44. The van der Waals surface area contributed by atoms with Gasteiger partial charge in [0.2, 0.25) is 0 Å². The summed E-state index contributed by atoms with van der Waals surface area (Å²) >= 11 is 0. The second-order valence-corrected chi connectivity index (χ2v) is 4.01. The van der Waals surface area contributed by atoms with E-state index >= 15 is 0 Å². The van der Waals surface area contributed by atoms with Crippen LogP contribution in [0.25, 0.3) is 10.9 Å². The van der Waals surface area contributed by atoms with Gasteiger partial charge in [-0.15, -0.1) is 0 Å². The molecule has 0 saturated carbocycles. The van der Waals surface area contributed by atoms with Gasteiger partial charge in [0.25, 0.3) is 0 Å². The zero-order valence-corrected chi connectivity index (χ0v) is 9.39. The third kappa shape index (κ3) is 2.49. The fraction of sp³-hybridized carbons (Fsp3) is 0.308. The smallest absolute Gasteiger partial charge is 0.121 e. The van der Waals surface area contributed by atoms with Crippen molar-refractivity contribution in [2.75, 3.05) is 13.2 Å². The van der Waals surface area contributed by atoms with Gasteiger partial charge in [0.15, 0.2) is 0 Å². The van der Waals surface area contributed by atoms with Crippen LogP contribution in [0.15, 0.2) is 36.5 Å². The summed E-state index contributed by atoms with van der Waals surface area (Å²) in [6.45, 7) is 3.36. The monoisotopic (exact) mass is 216 g/mol. The third-order valence-electron chi connectivity index (χ3n) is 2.51. The molecule has 1 aromatic carbocycles. The highest BCUT2D eigenvalue weighted by Gasteiger charge is 2.01. The van der Waals surface area contributed by atoms with Crippen molar-refractivity contribution in [2.24, 2.45) is 11.7 Å². The molecule has 0 aliphatic carbocycles. The van der Waals surface area contributed by atoms with Crippen LogP contribution >= 0.6 is 0 Å². The number of pyridine rings is 1. The number of hydrogen-bond acceptors (Lipinski definition) is 3. The highest BCUT2D eigenvalue weighted by atomic mass is 16.5. The van der Waals surface area contributed by atoms with Crippen molar-refractivity contribution < 1.29 is 4.74 Å². The molecule has 1 atom stereocenters. The van der Waals surface area contributed by atoms with Crippen molar-refractivity contribution in [3.63, 3.8) is 0 Å². The number of nitrogens with zero attached hydrogens (tertiary/aromatic N) is 1. The summed E-state index contributed by atoms with van der Waals surface area (Å²) in [5, 5.41) is 1.13. The molecule has 16 heavy (non-hydrogen) atoms. The highest BCUT2D eigenvalue weighted by Crippen LogP contribution is 2.19. The first-order chi connectivity index (χ1) is 7.79. The lowest BCUT2D eigenvalue weighted by atomic mass is 10.2. The number of nitrogens with two attached hydrogens (primary N) is 1. The quantitative estimate of drug-likeness (QED) is 0.852. The van der Waals surface area contributed by atoms with Gasteiger partial charge in [-0.3, -0.25) is 4.98 Å². The van der Waals surface area contributed by atoms with E-state index in [4.69, 9.17) is 10.5 Å². The van der Waals surface area contributed by atoms with E-state index in [1.165, 1.54) is 0 Å². The van der Waals surface area contributed by atoms with E-state index in [1.54, 1.807) is 6.20 Å². The van der Waals surface area contributed by atoms with Gasteiger partial charge >= 0.3 is 0 Å². The van der Waals surface area contributed by atoms with E-state index in [1.807, 2.05) is 30.3 Å². The van der Waals surface area contributed by atoms with Crippen molar-refractivity contribution in [2.45, 2.75) is 6.92 Å². The van der Waals surface area contributed by atoms with Crippen LogP contribution in [0.4, 0.5) is 0 Å². The number of ether oxygens (including phenoxy) is 1. The van der Waals surface area contributed by atoms with Crippen LogP contribution in [0.5, 0.6) is 5.75 Å². The standard InChI is InChI=1S/C13H16N2O/c1-10(8-14)9-16-12-5-4-11-3-2-6-15-13(11)7-12/h2-7,10H,8-9,14H2,1H3. The molecule has 2 N–H and O–H groups in total. The third-order valence-corrected chi connectivity index (χ3v) is 2.51. The minimum Gasteiger partial charge on any atom is -0.493 e. The summed E-state index contributed by atoms with van der Waals surface area (Å²) < 4.78 is 5.65. The maximum absolute atomic E-state index is 5.65. The molecule has 0 radical (unpaired) electrons. The first-order valence-electron chi connectivity index (χ1n) is 5.47. The first-order valence-corrected chi connectivity index (χ1v) is 5.47. The molecule has 0 saturated heterocycles. The number of rotatable bonds is 4. The zero-order valence-electron chi connectivity index (χ0n) is 9.39. The lowest BCUT2D eigenvalue weighted by Gasteiger charge is -2.11. The van der Waals surface area contributed by atoms with Gasteiger partial charge in [-0.25, -0.2) is 0 Å². The fourth-order valence-electron chi connectivity index (χ4n) is 1.44. The zero-order chi connectivity index (χ0) is 11.4. The molecule has 0 fully saturated rings. The molecule has 3 nitrogen and oxygen atoms in total. The molecule has 1 heterocycles. The number of benzene rings is 1. The van der Waals surface area contributed by atoms with E-state index < -0.39 is 0 Å². The van der Waals surface area contributed by atoms with E-state index in [0.717, 1.165) is 16.7 Å². The van der Waals surface area contributed by atoms with Gasteiger partial charge in [0.05, 0.1) is 12.1 Å². The normalized spacial score (nSPS) is 12.6. The molecular weight excluding hydrogens is 200 g/mol. The minimum atomic E-state index is 0.374. The summed E-state index contributed by atoms with van der Waals surface area (Å²) in [5.74, 6) is 1.23. The van der Waals surface area contributed by atoms with Crippen molar-refractivity contribution in [1.82, 2.24) is 4.98 Å². The van der Waals surface area contributed by atoms with Crippen LogP contribution in [0, 0.1) is 5.92 Å². The Morgan fingerprint density at radius 1 is 1.38 bits per heavy atom. The molecule has 1 aromatic heterocycles. The highest BCUT2D eigenvalue weighted by molar-refractivity contribution is 5.79. The van der Waals surface area contributed by atoms with Crippen molar-refractivity contribution in [3.8, 4) is 5.75 Å². The second-order valence-electron chi connectivity index (χ2n) is 4.01. The minimum absolute atomic E-state index is 0.374. The van der Waals surface area contributed by atoms with E-state index in [9.17, 15) is 0 Å². The van der Waals surface area contributed by atoms with E-state index in [2.05, 4.69) is 11.9 Å². The van der Waals surface area contributed by atoms with Crippen molar-refractivity contribution in [1.29, 1.82) is 0 Å². The Labute approximate surface area is 95.2 Å². The van der Waals surface area contributed by atoms with Crippen molar-refractivity contribution >= 4 is 10.9 Å². The molecule has 1 unspecified atom stereocenters. The molecule has 2 rings (SSSR count). The van der Waals surface area contributed by atoms with Crippen LogP contribution < -0.4 is 10.5 Å². The molecule has 0 aliphatic heterocycles. The average molecular weight is 216 g/mol. The largest absolute Gasteiger partial charge is 0.493 e. The summed E-state index contributed by atoms with van der Waals surface area (Å²) in [4.78, 5) is 4.28. The molecule has 0 amide bonds. The predicted octanol–water partition coefficient (Wildman–Crippen LogP) is 2.21. The molecular formula is C13H16N2O. The summed E-state index contributed by atoms with van der Waals surface area (Å²) in [6, 6.07) is 9.91. The first kappa shape index (κ1) is 10.9. The van der Waals surface area contributed by atoms with E-state index in [0.29, 0.717) is 19.1 Å². The van der Waals surface area contributed by atoms with Gasteiger partial charge in [0, 0.05) is 23.6 Å². The number of fused-ring (bicyclic) bond motifs is 1. The lowest BCUT2D eigenvalue weighted by Crippen LogP contribution is -2.18. The molecule has 2 aromatic rings. The molecule has 0 bridgehead atoms. The Kier molecular flexibility index (Phi) is 3.37. The molecule has 0 aliphatic rings. The van der Waals surface area contributed by atoms with Gasteiger partial charge < -0.3 is 10.5 Å². The predicted molar refractivity (Wildman–Crippen MR) is 65.5 cm³/mol. The van der Waals surface area contributed by atoms with Gasteiger partial charge in [-0.2, -0.15) is 0 Å². The Morgan fingerprint density at radius 3 is 3.06 bits per heavy atom. The molecule has 0 spiro atoms. The van der Waals surface area contributed by atoms with Gasteiger partial charge in [-0.05, 0) is 24.7 Å².